The molecule has 0 aromatic carbocycles. The topological polar surface area (TPSA) is 57.2 Å². The summed E-state index contributed by atoms with van der Waals surface area (Å²) in [5.41, 5.74) is 0.705. The van der Waals surface area contributed by atoms with Crippen LogP contribution in [-0.2, 0) is 18.9 Å². The van der Waals surface area contributed by atoms with Crippen molar-refractivity contribution in [2.24, 2.45) is 23.2 Å². The van der Waals surface area contributed by atoms with Gasteiger partial charge in [-0.3, -0.25) is 0 Å². The van der Waals surface area contributed by atoms with E-state index in [1.165, 1.54) is 6.42 Å². The predicted molar refractivity (Wildman–Crippen MR) is 143 cm³/mol. The molecule has 3 aliphatic carbocycles. The summed E-state index contributed by atoms with van der Waals surface area (Å²) < 4.78 is 39.4. The van der Waals surface area contributed by atoms with Crippen LogP contribution >= 0.6 is 0 Å². The highest BCUT2D eigenvalue weighted by Crippen LogP contribution is 2.52. The molecule has 2 heterocycles. The molecule has 2 saturated heterocycles. The van der Waals surface area contributed by atoms with E-state index < -0.39 is 6.61 Å². The third-order valence-electron chi connectivity index (χ3n) is 9.43. The first-order chi connectivity index (χ1) is 18.6. The average molecular weight is 529 g/mol. The number of ether oxygens (including phenoxy) is 4. The molecule has 0 amide bonds. The Kier molecular flexibility index (Phi) is 9.84. The molecule has 5 nitrogen and oxygen atoms in total. The van der Waals surface area contributed by atoms with E-state index in [9.17, 15) is 9.50 Å². The molecule has 5 fully saturated rings. The summed E-state index contributed by atoms with van der Waals surface area (Å²) in [5, 5.41) is 9.39. The molecule has 6 heteroatoms. The summed E-state index contributed by atoms with van der Waals surface area (Å²) in [6.45, 7) is 3.05. The maximum atomic E-state index is 14.4. The van der Waals surface area contributed by atoms with Crippen molar-refractivity contribution in [2.45, 2.75) is 122 Å². The number of aliphatic hydroxyl groups is 1. The van der Waals surface area contributed by atoms with Crippen LogP contribution in [0.5, 0.6) is 0 Å². The molecule has 0 aromatic heterocycles. The number of hydrogen-bond acceptors (Lipinski definition) is 5. The molecule has 2 aliphatic heterocycles. The molecule has 210 valence electrons. The number of halogens is 1. The molecular formula is C32H45FO5. The third kappa shape index (κ3) is 6.48. The van der Waals surface area contributed by atoms with Crippen LogP contribution in [0.2, 0.25) is 0 Å². The van der Waals surface area contributed by atoms with Crippen LogP contribution in [0.15, 0.2) is 11.4 Å². The smallest absolute Gasteiger partial charge is 0.159 e. The van der Waals surface area contributed by atoms with E-state index in [1.54, 1.807) is 0 Å². The lowest BCUT2D eigenvalue weighted by Gasteiger charge is -2.45. The van der Waals surface area contributed by atoms with E-state index in [0.29, 0.717) is 18.8 Å². The first-order valence-electron chi connectivity index (χ1n) is 15.1. The Morgan fingerprint density at radius 1 is 1.05 bits per heavy atom. The van der Waals surface area contributed by atoms with E-state index in [2.05, 4.69) is 30.6 Å². The fourth-order valence-electron chi connectivity index (χ4n) is 7.09. The summed E-state index contributed by atoms with van der Waals surface area (Å²) >= 11 is 0. The van der Waals surface area contributed by atoms with Crippen molar-refractivity contribution in [3.63, 3.8) is 0 Å². The SMILES string of the molecule is CCC#CCC1([C@@H](C#C[C@@H]2[C@H]3C/C(=C(/F)CO)C[C@H]3C[C@H]2OC2CCCCO2)OC2CCCCO2)CCC1. The largest absolute Gasteiger partial charge is 0.389 e. The Labute approximate surface area is 228 Å². The second-order valence-electron chi connectivity index (χ2n) is 11.9. The van der Waals surface area contributed by atoms with Crippen molar-refractivity contribution in [3.05, 3.63) is 11.4 Å². The van der Waals surface area contributed by atoms with Gasteiger partial charge in [0.1, 0.15) is 11.9 Å². The van der Waals surface area contributed by atoms with E-state index >= 15 is 0 Å². The van der Waals surface area contributed by atoms with Crippen LogP contribution in [0.4, 0.5) is 4.39 Å². The molecule has 3 saturated carbocycles. The first-order valence-corrected chi connectivity index (χ1v) is 15.1. The molecule has 0 bridgehead atoms. The van der Waals surface area contributed by atoms with Crippen molar-refractivity contribution in [1.82, 2.24) is 0 Å². The van der Waals surface area contributed by atoms with Crippen molar-refractivity contribution in [1.29, 1.82) is 0 Å². The Morgan fingerprint density at radius 3 is 2.45 bits per heavy atom. The molecule has 0 spiro atoms. The zero-order valence-electron chi connectivity index (χ0n) is 23.0. The number of fused-ring (bicyclic) bond motifs is 1. The van der Waals surface area contributed by atoms with Gasteiger partial charge in [-0.05, 0) is 88.0 Å². The van der Waals surface area contributed by atoms with Crippen LogP contribution in [0.25, 0.3) is 0 Å². The molecule has 0 aromatic rings. The second-order valence-corrected chi connectivity index (χ2v) is 11.9. The molecule has 5 rings (SSSR count). The number of rotatable bonds is 7. The van der Waals surface area contributed by atoms with Gasteiger partial charge in [-0.15, -0.1) is 11.8 Å². The van der Waals surface area contributed by atoms with Gasteiger partial charge in [-0.1, -0.05) is 25.2 Å². The zero-order chi connectivity index (χ0) is 26.4. The maximum absolute atomic E-state index is 14.4. The van der Waals surface area contributed by atoms with Crippen LogP contribution in [0.1, 0.15) is 96.8 Å². The molecule has 1 N–H and O–H groups in total. The highest BCUT2D eigenvalue weighted by atomic mass is 19.1. The number of hydrogen-bond donors (Lipinski definition) is 1. The Morgan fingerprint density at radius 2 is 1.82 bits per heavy atom. The van der Waals surface area contributed by atoms with Crippen molar-refractivity contribution >= 4 is 0 Å². The van der Waals surface area contributed by atoms with Gasteiger partial charge < -0.3 is 24.1 Å². The van der Waals surface area contributed by atoms with Gasteiger partial charge in [0.25, 0.3) is 0 Å². The van der Waals surface area contributed by atoms with Gasteiger partial charge >= 0.3 is 0 Å². The highest BCUT2D eigenvalue weighted by molar-refractivity contribution is 5.25. The Balaban J connectivity index is 1.40. The summed E-state index contributed by atoms with van der Waals surface area (Å²) in [7, 11) is 0. The van der Waals surface area contributed by atoms with E-state index in [4.69, 9.17) is 18.9 Å². The summed E-state index contributed by atoms with van der Waals surface area (Å²) in [4.78, 5) is 0. The average Bonchev–Trinajstić information content (AvgIpc) is 3.47. The van der Waals surface area contributed by atoms with Gasteiger partial charge in [-0.2, -0.15) is 0 Å². The summed E-state index contributed by atoms with van der Waals surface area (Å²) in [5.74, 6) is 14.1. The maximum Gasteiger partial charge on any atom is 0.159 e. The van der Waals surface area contributed by atoms with Crippen LogP contribution in [0.3, 0.4) is 0 Å². The van der Waals surface area contributed by atoms with Crippen LogP contribution in [0, 0.1) is 46.9 Å². The van der Waals surface area contributed by atoms with Gasteiger partial charge in [-0.25, -0.2) is 4.39 Å². The van der Waals surface area contributed by atoms with Gasteiger partial charge in [0, 0.05) is 31.5 Å². The predicted octanol–water partition coefficient (Wildman–Crippen LogP) is 6.05. The van der Waals surface area contributed by atoms with Gasteiger partial charge in [0.15, 0.2) is 12.6 Å². The molecule has 0 radical (unpaired) electrons. The Bertz CT molecular complexity index is 938. The fraction of sp³-hybridized carbons (Fsp3) is 0.812. The van der Waals surface area contributed by atoms with Crippen molar-refractivity contribution < 1.29 is 28.4 Å². The minimum Gasteiger partial charge on any atom is -0.389 e. The molecular weight excluding hydrogens is 483 g/mol. The Hall–Kier alpha value is -1.41. The fourth-order valence-corrected chi connectivity index (χ4v) is 7.09. The summed E-state index contributed by atoms with van der Waals surface area (Å²) in [6.07, 6.45) is 12.7. The lowest BCUT2D eigenvalue weighted by atomic mass is 9.63. The zero-order valence-corrected chi connectivity index (χ0v) is 23.0. The number of allylic oxidation sites excluding steroid dienone is 1. The molecule has 5 aliphatic rings. The quantitative estimate of drug-likeness (QED) is 0.408. The monoisotopic (exact) mass is 528 g/mol. The lowest BCUT2D eigenvalue weighted by Crippen LogP contribution is -2.44. The minimum atomic E-state index is -0.514. The summed E-state index contributed by atoms with van der Waals surface area (Å²) in [6, 6.07) is 0. The first kappa shape index (κ1) is 28.1. The second kappa shape index (κ2) is 13.3. The van der Waals surface area contributed by atoms with Crippen molar-refractivity contribution in [2.75, 3.05) is 19.8 Å². The van der Waals surface area contributed by atoms with Crippen LogP contribution in [-0.4, -0.2) is 49.7 Å². The molecule has 2 unspecified atom stereocenters. The van der Waals surface area contributed by atoms with Gasteiger partial charge in [0.2, 0.25) is 0 Å². The van der Waals surface area contributed by atoms with Crippen molar-refractivity contribution in [3.8, 4) is 23.7 Å². The highest BCUT2D eigenvalue weighted by Gasteiger charge is 2.49. The van der Waals surface area contributed by atoms with E-state index in [-0.39, 0.29) is 47.9 Å². The van der Waals surface area contributed by atoms with E-state index in [1.807, 2.05) is 0 Å². The lowest BCUT2D eigenvalue weighted by molar-refractivity contribution is -0.206. The normalized spacial score (nSPS) is 36.2. The molecule has 7 atom stereocenters. The van der Waals surface area contributed by atoms with Crippen LogP contribution < -0.4 is 0 Å². The van der Waals surface area contributed by atoms with E-state index in [0.717, 1.165) is 89.4 Å². The number of aliphatic hydroxyl groups excluding tert-OH is 1. The van der Waals surface area contributed by atoms with Gasteiger partial charge in [0.05, 0.1) is 18.6 Å². The molecule has 38 heavy (non-hydrogen) atoms. The minimum absolute atomic E-state index is 0.00764. The standard InChI is InChI=1S/C32H45FO5/c1-2-3-6-14-32(15-9-16-32)29(38-31-11-5-8-18-36-31)13-12-25-26-20-24(27(33)22-34)19-23(26)21-28(25)37-30-10-4-7-17-35-30/h23,25-26,28-31,34H,2,4-5,7-11,14-22H2,1H3/b27-24+/t23-,25+,26-,28+,29+,30?,31?/m0/s1. The third-order valence-corrected chi connectivity index (χ3v) is 9.43.